The Balaban J connectivity index is 1.34. The number of carbonyl (C=O) groups is 1. The number of nitrogens with zero attached hydrogens (tertiary/aromatic N) is 2. The lowest BCUT2D eigenvalue weighted by Gasteiger charge is -2.44. The lowest BCUT2D eigenvalue weighted by molar-refractivity contribution is 0.126. The van der Waals surface area contributed by atoms with Gasteiger partial charge in [-0.25, -0.2) is 26.4 Å². The number of amides is 2. The Morgan fingerprint density at radius 1 is 0.978 bits per heavy atom. The molecule has 13 heteroatoms. The second kappa shape index (κ2) is 12.4. The first kappa shape index (κ1) is 32.1. The fourth-order valence-corrected chi connectivity index (χ4v) is 10.9. The molecular formula is C32H35Cl2N3O6S2. The Morgan fingerprint density at radius 3 is 2.42 bits per heavy atom. The summed E-state index contributed by atoms with van der Waals surface area (Å²) in [7, 11) is -7.40. The highest BCUT2D eigenvalue weighted by molar-refractivity contribution is 7.92. The molecular weight excluding hydrogens is 657 g/mol. The van der Waals surface area contributed by atoms with Crippen molar-refractivity contribution in [2.24, 2.45) is 0 Å². The fourth-order valence-electron chi connectivity index (χ4n) is 7.19. The number of sulfonamides is 1. The molecule has 45 heavy (non-hydrogen) atoms. The Bertz CT molecular complexity index is 1800. The van der Waals surface area contributed by atoms with Crippen LogP contribution >= 0.6 is 23.2 Å². The Hall–Kier alpha value is -2.83. The highest BCUT2D eigenvalue weighted by Crippen LogP contribution is 2.53. The quantitative estimate of drug-likeness (QED) is 0.355. The number of hydrogen-bond donors (Lipinski definition) is 1. The molecule has 3 atom stereocenters. The molecule has 1 N–H and O–H groups in total. The molecule has 0 unspecified atom stereocenters. The van der Waals surface area contributed by atoms with Gasteiger partial charge in [-0.05, 0) is 79.6 Å². The van der Waals surface area contributed by atoms with Crippen LogP contribution < -0.4 is 9.46 Å². The van der Waals surface area contributed by atoms with Gasteiger partial charge >= 0.3 is 6.03 Å². The van der Waals surface area contributed by atoms with Crippen LogP contribution in [0.25, 0.3) is 0 Å². The summed E-state index contributed by atoms with van der Waals surface area (Å²) in [5.41, 5.74) is 2.20. The number of ether oxygens (including phenoxy) is 1. The van der Waals surface area contributed by atoms with Crippen LogP contribution in [-0.4, -0.2) is 70.6 Å². The summed E-state index contributed by atoms with van der Waals surface area (Å²) >= 11 is 12.7. The number of carbonyl (C=O) groups excluding carboxylic acids is 1. The summed E-state index contributed by atoms with van der Waals surface area (Å²) in [6.07, 6.45) is 3.63. The number of urea groups is 1. The van der Waals surface area contributed by atoms with E-state index < -0.39 is 30.6 Å². The van der Waals surface area contributed by atoms with E-state index >= 15 is 0 Å². The van der Waals surface area contributed by atoms with E-state index in [2.05, 4.69) is 4.72 Å². The first-order chi connectivity index (χ1) is 21.4. The Morgan fingerprint density at radius 2 is 1.71 bits per heavy atom. The zero-order valence-electron chi connectivity index (χ0n) is 24.8. The number of nitrogens with one attached hydrogen (secondary N) is 1. The Kier molecular flexibility index (Phi) is 8.86. The third kappa shape index (κ3) is 6.05. The van der Waals surface area contributed by atoms with Crippen molar-refractivity contribution in [1.29, 1.82) is 0 Å². The van der Waals surface area contributed by atoms with Crippen molar-refractivity contribution in [3.63, 3.8) is 0 Å². The standard InChI is InChI=1S/C32H35Cl2N3O6S2/c1-44(39,40)35-23-7-6-17-36(20-23)31(38)37-18-16-32(45(41,42)25-8-3-2-4-9-25)27-14-13-24(19-22(27)12-15-30(32)37)43-21-26-28(33)10-5-11-29(26)34/h2-5,8-11,13-14,19,23,30,35H,6-7,12,15-18,20-21H2,1H3/t23-,30-,32-/m1/s1. The molecule has 1 aliphatic carbocycles. The molecule has 2 amide bonds. The van der Waals surface area contributed by atoms with E-state index in [9.17, 15) is 21.6 Å². The molecule has 2 aliphatic heterocycles. The summed E-state index contributed by atoms with van der Waals surface area (Å²) < 4.78 is 60.5. The van der Waals surface area contributed by atoms with Crippen LogP contribution in [0.3, 0.4) is 0 Å². The van der Waals surface area contributed by atoms with Crippen LogP contribution in [0.5, 0.6) is 5.75 Å². The maximum absolute atomic E-state index is 14.7. The van der Waals surface area contributed by atoms with Crippen molar-refractivity contribution in [2.75, 3.05) is 25.9 Å². The van der Waals surface area contributed by atoms with Crippen molar-refractivity contribution in [2.45, 2.75) is 60.4 Å². The van der Waals surface area contributed by atoms with Crippen molar-refractivity contribution in [3.8, 4) is 5.75 Å². The van der Waals surface area contributed by atoms with E-state index in [4.69, 9.17) is 27.9 Å². The van der Waals surface area contributed by atoms with Gasteiger partial charge in [0.15, 0.2) is 9.84 Å². The molecule has 0 bridgehead atoms. The number of rotatable bonds is 7. The normalized spacial score (nSPS) is 23.4. The van der Waals surface area contributed by atoms with E-state index in [0.29, 0.717) is 59.1 Å². The minimum atomic E-state index is -3.96. The third-order valence-corrected chi connectivity index (χ3v) is 13.2. The monoisotopic (exact) mass is 691 g/mol. The van der Waals surface area contributed by atoms with Crippen molar-refractivity contribution >= 4 is 49.1 Å². The minimum Gasteiger partial charge on any atom is -0.489 e. The first-order valence-electron chi connectivity index (χ1n) is 14.9. The second-order valence-electron chi connectivity index (χ2n) is 12.0. The van der Waals surface area contributed by atoms with Crippen LogP contribution in [0.15, 0.2) is 71.6 Å². The largest absolute Gasteiger partial charge is 0.489 e. The SMILES string of the molecule is CS(=O)(=O)N[C@@H]1CCCN(C(=O)N2CC[C@@]3(S(=O)(=O)c4ccccc4)c4ccc(OCc5c(Cl)cccc5Cl)cc4CC[C@@H]23)C1. The molecule has 2 saturated heterocycles. The van der Waals surface area contributed by atoms with Gasteiger partial charge in [0.05, 0.1) is 17.2 Å². The molecule has 2 fully saturated rings. The summed E-state index contributed by atoms with van der Waals surface area (Å²) in [5.74, 6) is 0.569. The molecule has 0 radical (unpaired) electrons. The number of aryl methyl sites for hydroxylation is 1. The molecule has 2 heterocycles. The number of sulfone groups is 1. The van der Waals surface area contributed by atoms with Crippen molar-refractivity contribution < 1.29 is 26.4 Å². The highest BCUT2D eigenvalue weighted by atomic mass is 35.5. The van der Waals surface area contributed by atoms with Gasteiger partial charge in [0.25, 0.3) is 0 Å². The van der Waals surface area contributed by atoms with E-state index in [1.165, 1.54) is 0 Å². The first-order valence-corrected chi connectivity index (χ1v) is 19.1. The topological polar surface area (TPSA) is 113 Å². The van der Waals surface area contributed by atoms with E-state index in [0.717, 1.165) is 11.8 Å². The van der Waals surface area contributed by atoms with Gasteiger partial charge in [0.2, 0.25) is 10.0 Å². The highest BCUT2D eigenvalue weighted by Gasteiger charge is 2.61. The van der Waals surface area contributed by atoms with Gasteiger partial charge < -0.3 is 14.5 Å². The predicted molar refractivity (Wildman–Crippen MR) is 174 cm³/mol. The van der Waals surface area contributed by atoms with Crippen molar-refractivity contribution in [1.82, 2.24) is 14.5 Å². The zero-order valence-corrected chi connectivity index (χ0v) is 27.9. The average Bonchev–Trinajstić information content (AvgIpc) is 3.42. The number of likely N-dealkylation sites (tertiary alicyclic amines) is 2. The smallest absolute Gasteiger partial charge is 0.320 e. The third-order valence-electron chi connectivity index (χ3n) is 9.15. The fraction of sp³-hybridized carbons (Fsp3) is 0.406. The molecule has 240 valence electrons. The van der Waals surface area contributed by atoms with Gasteiger partial charge in [0.1, 0.15) is 17.1 Å². The van der Waals surface area contributed by atoms with Gasteiger partial charge in [-0.2, -0.15) is 0 Å². The summed E-state index contributed by atoms with van der Waals surface area (Å²) in [6, 6.07) is 17.9. The maximum atomic E-state index is 14.7. The summed E-state index contributed by atoms with van der Waals surface area (Å²) in [6.45, 7) is 1.13. The average molecular weight is 693 g/mol. The van der Waals surface area contributed by atoms with Crippen LogP contribution in [-0.2, 0) is 37.6 Å². The van der Waals surface area contributed by atoms with Crippen LogP contribution in [0.2, 0.25) is 10.0 Å². The Labute approximate surface area is 274 Å². The molecule has 3 aliphatic rings. The van der Waals surface area contributed by atoms with Gasteiger partial charge in [-0.3, -0.25) is 0 Å². The zero-order chi connectivity index (χ0) is 32.0. The van der Waals surface area contributed by atoms with Crippen LogP contribution in [0.1, 0.15) is 42.4 Å². The molecule has 0 spiro atoms. The van der Waals surface area contributed by atoms with Crippen molar-refractivity contribution in [3.05, 3.63) is 93.5 Å². The van der Waals surface area contributed by atoms with E-state index in [1.807, 2.05) is 12.1 Å². The molecule has 3 aromatic rings. The van der Waals surface area contributed by atoms with Gasteiger partial charge in [-0.1, -0.05) is 53.5 Å². The van der Waals surface area contributed by atoms with E-state index in [1.54, 1.807) is 64.4 Å². The lowest BCUT2D eigenvalue weighted by atomic mass is 9.78. The summed E-state index contributed by atoms with van der Waals surface area (Å²) in [5, 5.41) is 0.998. The summed E-state index contributed by atoms with van der Waals surface area (Å²) in [4.78, 5) is 17.6. The van der Waals surface area contributed by atoms with E-state index in [-0.39, 0.29) is 43.1 Å². The van der Waals surface area contributed by atoms with Gasteiger partial charge in [-0.15, -0.1) is 0 Å². The number of halogens is 2. The molecule has 0 aromatic heterocycles. The molecule has 9 nitrogen and oxygen atoms in total. The van der Waals surface area contributed by atoms with Crippen LogP contribution in [0.4, 0.5) is 4.79 Å². The maximum Gasteiger partial charge on any atom is 0.320 e. The number of fused-ring (bicyclic) bond motifs is 3. The number of hydrogen-bond acceptors (Lipinski definition) is 6. The number of benzene rings is 3. The predicted octanol–water partition coefficient (Wildman–Crippen LogP) is 5.40. The number of piperidine rings is 1. The molecule has 3 aromatic carbocycles. The lowest BCUT2D eigenvalue weighted by Crippen LogP contribution is -2.57. The van der Waals surface area contributed by atoms with Crippen LogP contribution in [0, 0.1) is 0 Å². The minimum absolute atomic E-state index is 0.153. The molecule has 6 rings (SSSR count). The second-order valence-corrected chi connectivity index (χ2v) is 16.8. The van der Waals surface area contributed by atoms with Gasteiger partial charge in [0, 0.05) is 41.3 Å². The molecule has 0 saturated carbocycles.